The minimum atomic E-state index is -0.184. The van der Waals surface area contributed by atoms with Crippen molar-refractivity contribution in [1.29, 1.82) is 0 Å². The van der Waals surface area contributed by atoms with Crippen LogP contribution in [0.15, 0.2) is 18.2 Å². The highest BCUT2D eigenvalue weighted by atomic mass is 35.5. The minimum absolute atomic E-state index is 0.0593. The fourth-order valence-corrected chi connectivity index (χ4v) is 2.40. The summed E-state index contributed by atoms with van der Waals surface area (Å²) >= 11 is 12.2. The van der Waals surface area contributed by atoms with E-state index in [4.69, 9.17) is 33.8 Å². The Kier molecular flexibility index (Phi) is 6.39. The highest BCUT2D eigenvalue weighted by Gasteiger charge is 2.27. The van der Waals surface area contributed by atoms with E-state index in [1.807, 2.05) is 13.0 Å². The maximum Gasteiger partial charge on any atom is 0.0805 e. The highest BCUT2D eigenvalue weighted by molar-refractivity contribution is 6.33. The summed E-state index contributed by atoms with van der Waals surface area (Å²) in [6.07, 6.45) is -0.0593. The summed E-state index contributed by atoms with van der Waals surface area (Å²) in [7, 11) is 0. The molecule has 3 N–H and O–H groups in total. The lowest BCUT2D eigenvalue weighted by Crippen LogP contribution is -2.41. The maximum atomic E-state index is 6.21. The van der Waals surface area contributed by atoms with Crippen LogP contribution in [0.4, 0.5) is 0 Å². The Bertz CT molecular complexity index is 385. The lowest BCUT2D eigenvalue weighted by atomic mass is 9.94. The van der Waals surface area contributed by atoms with Crippen LogP contribution < -0.4 is 11.3 Å². The first-order valence-corrected chi connectivity index (χ1v) is 6.79. The molecule has 0 spiro atoms. The van der Waals surface area contributed by atoms with Gasteiger partial charge in [0.25, 0.3) is 0 Å². The Balaban J connectivity index is 3.10. The van der Waals surface area contributed by atoms with E-state index >= 15 is 0 Å². The molecule has 0 radical (unpaired) electrons. The third-order valence-corrected chi connectivity index (χ3v) is 3.40. The van der Waals surface area contributed by atoms with Gasteiger partial charge in [-0.1, -0.05) is 37.0 Å². The fourth-order valence-electron chi connectivity index (χ4n) is 1.98. The number of benzene rings is 1. The molecule has 2 atom stereocenters. The first kappa shape index (κ1) is 15.7. The van der Waals surface area contributed by atoms with Gasteiger partial charge in [-0.3, -0.25) is 11.3 Å². The molecule has 0 fully saturated rings. The summed E-state index contributed by atoms with van der Waals surface area (Å²) in [6, 6.07) is 5.16. The Labute approximate surface area is 119 Å². The molecule has 2 unspecified atom stereocenters. The fraction of sp³-hybridized carbons (Fsp3) is 0.538. The van der Waals surface area contributed by atoms with E-state index in [1.165, 1.54) is 0 Å². The van der Waals surface area contributed by atoms with Crippen LogP contribution in [0.2, 0.25) is 10.0 Å². The number of hydrazine groups is 1. The quantitative estimate of drug-likeness (QED) is 0.622. The minimum Gasteiger partial charge on any atom is -0.376 e. The number of hydrogen-bond donors (Lipinski definition) is 2. The van der Waals surface area contributed by atoms with Crippen molar-refractivity contribution < 1.29 is 4.74 Å². The summed E-state index contributed by atoms with van der Waals surface area (Å²) in [4.78, 5) is 0. The molecule has 1 aromatic rings. The number of halogens is 2. The van der Waals surface area contributed by atoms with Gasteiger partial charge >= 0.3 is 0 Å². The molecule has 18 heavy (non-hydrogen) atoms. The van der Waals surface area contributed by atoms with Gasteiger partial charge < -0.3 is 4.74 Å². The monoisotopic (exact) mass is 290 g/mol. The van der Waals surface area contributed by atoms with Crippen molar-refractivity contribution in [2.24, 2.45) is 11.8 Å². The van der Waals surface area contributed by atoms with Gasteiger partial charge in [-0.15, -0.1) is 0 Å². The second-order valence-corrected chi connectivity index (χ2v) is 5.32. The van der Waals surface area contributed by atoms with Gasteiger partial charge in [-0.2, -0.15) is 0 Å². The summed E-state index contributed by atoms with van der Waals surface area (Å²) in [5, 5.41) is 1.27. The van der Waals surface area contributed by atoms with Gasteiger partial charge in [-0.05, 0) is 36.6 Å². The Hall–Kier alpha value is -0.320. The molecular weight excluding hydrogens is 271 g/mol. The van der Waals surface area contributed by atoms with Crippen LogP contribution in [0.5, 0.6) is 0 Å². The normalized spacial score (nSPS) is 14.8. The van der Waals surface area contributed by atoms with Crippen molar-refractivity contribution in [2.45, 2.75) is 32.9 Å². The highest BCUT2D eigenvalue weighted by Crippen LogP contribution is 2.31. The van der Waals surface area contributed by atoms with E-state index in [2.05, 4.69) is 19.3 Å². The lowest BCUT2D eigenvalue weighted by molar-refractivity contribution is 0.00280. The van der Waals surface area contributed by atoms with Crippen molar-refractivity contribution in [3.05, 3.63) is 33.8 Å². The van der Waals surface area contributed by atoms with Crippen LogP contribution in [0.25, 0.3) is 0 Å². The van der Waals surface area contributed by atoms with Crippen LogP contribution >= 0.6 is 23.2 Å². The third kappa shape index (κ3) is 3.84. The molecule has 102 valence electrons. The Morgan fingerprint density at radius 2 is 2.00 bits per heavy atom. The van der Waals surface area contributed by atoms with E-state index in [1.54, 1.807) is 12.1 Å². The zero-order valence-electron chi connectivity index (χ0n) is 10.9. The van der Waals surface area contributed by atoms with E-state index in [9.17, 15) is 0 Å². The van der Waals surface area contributed by atoms with Crippen LogP contribution in [0, 0.1) is 5.92 Å². The summed E-state index contributed by atoms with van der Waals surface area (Å²) in [5.41, 5.74) is 3.64. The Morgan fingerprint density at radius 3 is 2.50 bits per heavy atom. The first-order valence-electron chi connectivity index (χ1n) is 6.03. The molecule has 0 bridgehead atoms. The summed E-state index contributed by atoms with van der Waals surface area (Å²) < 4.78 is 5.76. The van der Waals surface area contributed by atoms with Crippen molar-refractivity contribution in [3.63, 3.8) is 0 Å². The zero-order chi connectivity index (χ0) is 13.7. The average Bonchev–Trinajstić information content (AvgIpc) is 2.33. The Morgan fingerprint density at radius 1 is 1.33 bits per heavy atom. The molecule has 1 aromatic carbocycles. The van der Waals surface area contributed by atoms with Gasteiger partial charge in [0.15, 0.2) is 0 Å². The lowest BCUT2D eigenvalue weighted by Gasteiger charge is -2.30. The number of hydrogen-bond acceptors (Lipinski definition) is 3. The number of nitrogens with two attached hydrogens (primary N) is 1. The van der Waals surface area contributed by atoms with E-state index in [-0.39, 0.29) is 12.1 Å². The summed E-state index contributed by atoms with van der Waals surface area (Å²) in [5.74, 6) is 5.97. The molecule has 0 aliphatic carbocycles. The zero-order valence-corrected chi connectivity index (χ0v) is 12.4. The largest absolute Gasteiger partial charge is 0.376 e. The van der Waals surface area contributed by atoms with Crippen LogP contribution in [0.3, 0.4) is 0 Å². The molecule has 0 saturated carbocycles. The van der Waals surface area contributed by atoms with Crippen molar-refractivity contribution in [2.75, 3.05) is 6.61 Å². The molecule has 5 heteroatoms. The second kappa shape index (κ2) is 7.31. The number of ether oxygens (including phenoxy) is 1. The van der Waals surface area contributed by atoms with Gasteiger partial charge in [-0.25, -0.2) is 0 Å². The van der Waals surface area contributed by atoms with E-state index in [0.717, 1.165) is 5.56 Å². The van der Waals surface area contributed by atoms with Crippen LogP contribution in [0.1, 0.15) is 32.4 Å². The smallest absolute Gasteiger partial charge is 0.0805 e. The van der Waals surface area contributed by atoms with E-state index < -0.39 is 0 Å². The predicted molar refractivity (Wildman–Crippen MR) is 76.8 cm³/mol. The van der Waals surface area contributed by atoms with Crippen LogP contribution in [-0.2, 0) is 4.74 Å². The molecule has 0 heterocycles. The molecule has 3 nitrogen and oxygen atoms in total. The van der Waals surface area contributed by atoms with Gasteiger partial charge in [0.05, 0.1) is 12.1 Å². The molecular formula is C13H20Cl2N2O. The molecule has 0 aliphatic heterocycles. The second-order valence-electron chi connectivity index (χ2n) is 4.47. The molecule has 1 rings (SSSR count). The van der Waals surface area contributed by atoms with E-state index in [0.29, 0.717) is 22.6 Å². The molecule has 0 saturated heterocycles. The van der Waals surface area contributed by atoms with Crippen molar-refractivity contribution in [3.8, 4) is 0 Å². The molecule has 0 aliphatic rings. The number of nitrogens with one attached hydrogen (secondary N) is 1. The average molecular weight is 291 g/mol. The topological polar surface area (TPSA) is 47.3 Å². The maximum absolute atomic E-state index is 6.21. The standard InChI is InChI=1S/C13H20Cl2N2O/c1-4-18-13(8(2)3)12(17-16)10-7-9(14)5-6-11(10)15/h5-8,12-13,17H,4,16H2,1-3H3. The molecule has 0 amide bonds. The van der Waals surface area contributed by atoms with Crippen LogP contribution in [-0.4, -0.2) is 12.7 Å². The van der Waals surface area contributed by atoms with Crippen molar-refractivity contribution >= 4 is 23.2 Å². The first-order chi connectivity index (χ1) is 8.51. The summed E-state index contributed by atoms with van der Waals surface area (Å²) in [6.45, 7) is 6.76. The van der Waals surface area contributed by atoms with Crippen molar-refractivity contribution in [1.82, 2.24) is 5.43 Å². The van der Waals surface area contributed by atoms with Gasteiger partial charge in [0.2, 0.25) is 0 Å². The molecule has 0 aromatic heterocycles. The van der Waals surface area contributed by atoms with Gasteiger partial charge in [0.1, 0.15) is 0 Å². The SMILES string of the molecule is CCOC(C(C)C)C(NN)c1cc(Cl)ccc1Cl. The predicted octanol–water partition coefficient (Wildman–Crippen LogP) is 3.56. The van der Waals surface area contributed by atoms with Gasteiger partial charge in [0, 0.05) is 16.7 Å². The third-order valence-electron chi connectivity index (χ3n) is 2.82. The number of rotatable bonds is 6.